The van der Waals surface area contributed by atoms with Gasteiger partial charge in [-0.2, -0.15) is 0 Å². The lowest BCUT2D eigenvalue weighted by Gasteiger charge is -2.06. The fourth-order valence-corrected chi connectivity index (χ4v) is 1.33. The van der Waals surface area contributed by atoms with Crippen molar-refractivity contribution in [3.05, 3.63) is 38.8 Å². The summed E-state index contributed by atoms with van der Waals surface area (Å²) in [6.07, 6.45) is 1.95. The van der Waals surface area contributed by atoms with Gasteiger partial charge in [-0.15, -0.1) is 0 Å². The Morgan fingerprint density at radius 1 is 1.59 bits per heavy atom. The average molecular weight is 235 g/mol. The van der Waals surface area contributed by atoms with Crippen LogP contribution >= 0.6 is 0 Å². The minimum Gasteiger partial charge on any atom is -0.379 e. The van der Waals surface area contributed by atoms with Gasteiger partial charge in [0, 0.05) is 23.2 Å². The van der Waals surface area contributed by atoms with Crippen molar-refractivity contribution in [1.82, 2.24) is 0 Å². The normalized spacial score (nSPS) is 9.47. The van der Waals surface area contributed by atoms with E-state index < -0.39 is 4.92 Å². The number of nitro groups is 1. The van der Waals surface area contributed by atoms with Gasteiger partial charge in [-0.3, -0.25) is 10.1 Å². The Bertz CT molecular complexity index is 454. The number of hydrogen-bond acceptors (Lipinski definition) is 4. The van der Waals surface area contributed by atoms with Crippen LogP contribution in [-0.4, -0.2) is 11.5 Å². The van der Waals surface area contributed by atoms with Crippen LogP contribution in [0.3, 0.4) is 0 Å². The predicted octanol–water partition coefficient (Wildman–Crippen LogP) is 3.75. The third kappa shape index (κ3) is 3.66. The van der Waals surface area contributed by atoms with Gasteiger partial charge in [0.25, 0.3) is 5.69 Å². The number of rotatable bonds is 6. The Labute approximate surface area is 98.2 Å². The second-order valence-electron chi connectivity index (χ2n) is 3.43. The highest BCUT2D eigenvalue weighted by Gasteiger charge is 2.13. The van der Waals surface area contributed by atoms with Gasteiger partial charge in [0.1, 0.15) is 5.69 Å². The number of nitro benzene ring substituents is 1. The van der Waals surface area contributed by atoms with E-state index in [4.69, 9.17) is 5.53 Å². The summed E-state index contributed by atoms with van der Waals surface area (Å²) >= 11 is 0. The monoisotopic (exact) mass is 235 g/mol. The molecule has 1 N–H and O–H groups in total. The second-order valence-corrected chi connectivity index (χ2v) is 3.43. The van der Waals surface area contributed by atoms with E-state index in [0.29, 0.717) is 12.2 Å². The molecule has 0 fully saturated rings. The van der Waals surface area contributed by atoms with Crippen molar-refractivity contribution in [2.45, 2.75) is 19.8 Å². The van der Waals surface area contributed by atoms with Gasteiger partial charge in [0.05, 0.1) is 4.92 Å². The van der Waals surface area contributed by atoms with Crippen molar-refractivity contribution in [2.75, 3.05) is 11.9 Å². The molecule has 1 rings (SSSR count). The Hall–Kier alpha value is -2.27. The lowest BCUT2D eigenvalue weighted by molar-refractivity contribution is -0.383. The molecule has 0 aliphatic heterocycles. The Balaban J connectivity index is 2.96. The van der Waals surface area contributed by atoms with E-state index in [1.165, 1.54) is 6.07 Å². The highest BCUT2D eigenvalue weighted by molar-refractivity contribution is 5.66. The molecule has 0 aliphatic rings. The van der Waals surface area contributed by atoms with E-state index in [9.17, 15) is 10.1 Å². The molecule has 7 nitrogen and oxygen atoms in total. The molecule has 0 aromatic heterocycles. The van der Waals surface area contributed by atoms with E-state index in [1.807, 2.05) is 6.92 Å². The van der Waals surface area contributed by atoms with Gasteiger partial charge in [-0.25, -0.2) is 0 Å². The number of nitrogens with zero attached hydrogens (tertiary/aromatic N) is 4. The molecule has 0 heterocycles. The van der Waals surface area contributed by atoms with Gasteiger partial charge < -0.3 is 5.32 Å². The molecule has 1 aromatic carbocycles. The van der Waals surface area contributed by atoms with E-state index in [-0.39, 0.29) is 11.4 Å². The van der Waals surface area contributed by atoms with Crippen molar-refractivity contribution in [3.8, 4) is 0 Å². The topological polar surface area (TPSA) is 104 Å². The van der Waals surface area contributed by atoms with E-state index in [0.717, 1.165) is 12.8 Å². The molecule has 0 spiro atoms. The summed E-state index contributed by atoms with van der Waals surface area (Å²) in [5.41, 5.74) is 8.87. The number of anilines is 1. The van der Waals surface area contributed by atoms with Crippen LogP contribution in [0.15, 0.2) is 23.3 Å². The van der Waals surface area contributed by atoms with Crippen LogP contribution in [-0.2, 0) is 0 Å². The molecule has 1 aromatic rings. The summed E-state index contributed by atoms with van der Waals surface area (Å²) in [7, 11) is 0. The van der Waals surface area contributed by atoms with Crippen LogP contribution in [0, 0.1) is 10.1 Å². The third-order valence-corrected chi connectivity index (χ3v) is 2.18. The summed E-state index contributed by atoms with van der Waals surface area (Å²) in [6.45, 7) is 2.72. The summed E-state index contributed by atoms with van der Waals surface area (Å²) in [6, 6.07) is 4.35. The maximum atomic E-state index is 10.8. The van der Waals surface area contributed by atoms with Gasteiger partial charge in [-0.1, -0.05) is 24.5 Å². The molecule has 7 heteroatoms. The molecule has 0 amide bonds. The molecule has 17 heavy (non-hydrogen) atoms. The highest BCUT2D eigenvalue weighted by atomic mass is 16.6. The van der Waals surface area contributed by atoms with Crippen LogP contribution < -0.4 is 5.32 Å². The number of benzene rings is 1. The highest BCUT2D eigenvalue weighted by Crippen LogP contribution is 2.29. The van der Waals surface area contributed by atoms with Crippen LogP contribution in [0.25, 0.3) is 10.4 Å². The van der Waals surface area contributed by atoms with E-state index in [1.54, 1.807) is 12.1 Å². The number of unbranched alkanes of at least 4 members (excludes halogenated alkanes) is 1. The number of hydrogen-bond donors (Lipinski definition) is 1. The molecule has 90 valence electrons. The number of nitrogens with one attached hydrogen (secondary N) is 1. The molecule has 0 aliphatic carbocycles. The summed E-state index contributed by atoms with van der Waals surface area (Å²) in [5, 5.41) is 17.2. The molecule has 0 saturated heterocycles. The van der Waals surface area contributed by atoms with Crippen molar-refractivity contribution in [1.29, 1.82) is 0 Å². The molecule has 0 saturated carbocycles. The van der Waals surface area contributed by atoms with Crippen LogP contribution in [0.5, 0.6) is 0 Å². The van der Waals surface area contributed by atoms with Gasteiger partial charge in [0.2, 0.25) is 0 Å². The van der Waals surface area contributed by atoms with Crippen molar-refractivity contribution in [3.63, 3.8) is 0 Å². The molecular formula is C10H13N5O2. The van der Waals surface area contributed by atoms with Crippen molar-refractivity contribution < 1.29 is 4.92 Å². The largest absolute Gasteiger partial charge is 0.379 e. The second kappa shape index (κ2) is 6.34. The smallest absolute Gasteiger partial charge is 0.292 e. The minimum atomic E-state index is -0.495. The Kier molecular flexibility index (Phi) is 4.77. The third-order valence-electron chi connectivity index (χ3n) is 2.18. The first-order valence-corrected chi connectivity index (χ1v) is 5.26. The van der Waals surface area contributed by atoms with Crippen LogP contribution in [0.2, 0.25) is 0 Å². The zero-order valence-corrected chi connectivity index (χ0v) is 9.46. The zero-order chi connectivity index (χ0) is 12.7. The Morgan fingerprint density at radius 3 is 2.94 bits per heavy atom. The maximum absolute atomic E-state index is 10.8. The van der Waals surface area contributed by atoms with Crippen LogP contribution in [0.4, 0.5) is 17.1 Å². The number of azide groups is 1. The lowest BCUT2D eigenvalue weighted by atomic mass is 10.2. The zero-order valence-electron chi connectivity index (χ0n) is 9.46. The minimum absolute atomic E-state index is 0.0778. The molecule has 0 unspecified atom stereocenters. The first kappa shape index (κ1) is 12.8. The summed E-state index contributed by atoms with van der Waals surface area (Å²) in [4.78, 5) is 12.9. The fourth-order valence-electron chi connectivity index (χ4n) is 1.33. The Morgan fingerprint density at radius 2 is 2.35 bits per heavy atom. The molecular weight excluding hydrogens is 222 g/mol. The molecule has 0 radical (unpaired) electrons. The molecule has 0 bridgehead atoms. The standard InChI is InChI=1S/C10H13N5O2/c1-2-3-6-12-9-5-4-8(13-14-11)7-10(9)15(16)17/h4-5,7,12H,2-3,6H2,1H3. The first-order valence-electron chi connectivity index (χ1n) is 5.26. The van der Waals surface area contributed by atoms with Crippen LogP contribution in [0.1, 0.15) is 19.8 Å². The predicted molar refractivity (Wildman–Crippen MR) is 65.3 cm³/mol. The SMILES string of the molecule is CCCCNc1ccc(N=[N+]=[N-])cc1[N+](=O)[O-]. The lowest BCUT2D eigenvalue weighted by Crippen LogP contribution is -2.03. The maximum Gasteiger partial charge on any atom is 0.292 e. The van der Waals surface area contributed by atoms with Crippen molar-refractivity contribution in [2.24, 2.45) is 5.11 Å². The van der Waals surface area contributed by atoms with Gasteiger partial charge >= 0.3 is 0 Å². The summed E-state index contributed by atoms with van der Waals surface area (Å²) < 4.78 is 0. The molecule has 0 atom stereocenters. The van der Waals surface area contributed by atoms with Crippen molar-refractivity contribution >= 4 is 17.1 Å². The van der Waals surface area contributed by atoms with Gasteiger partial charge in [-0.05, 0) is 18.0 Å². The van der Waals surface area contributed by atoms with E-state index >= 15 is 0 Å². The average Bonchev–Trinajstić information content (AvgIpc) is 2.31. The van der Waals surface area contributed by atoms with Gasteiger partial charge in [0.15, 0.2) is 0 Å². The quantitative estimate of drug-likeness (QED) is 0.203. The summed E-state index contributed by atoms with van der Waals surface area (Å²) in [5.74, 6) is 0. The van der Waals surface area contributed by atoms with E-state index in [2.05, 4.69) is 15.3 Å². The first-order chi connectivity index (χ1) is 8.19. The fraction of sp³-hybridized carbons (Fsp3) is 0.400.